The molecule has 0 bridgehead atoms. The molecule has 110 valence electrons. The van der Waals surface area contributed by atoms with Crippen molar-refractivity contribution in [3.63, 3.8) is 0 Å². The van der Waals surface area contributed by atoms with Gasteiger partial charge in [-0.3, -0.25) is 4.79 Å². The van der Waals surface area contributed by atoms with E-state index in [1.54, 1.807) is 0 Å². The highest BCUT2D eigenvalue weighted by Gasteiger charge is 2.24. The van der Waals surface area contributed by atoms with Crippen LogP contribution in [0.15, 0.2) is 35.1 Å². The third kappa shape index (κ3) is 3.28. The van der Waals surface area contributed by atoms with E-state index in [9.17, 15) is 4.79 Å². The molecule has 1 aliphatic heterocycles. The van der Waals surface area contributed by atoms with Crippen LogP contribution in [0.1, 0.15) is 19.8 Å². The van der Waals surface area contributed by atoms with Gasteiger partial charge in [0.1, 0.15) is 0 Å². The number of carbonyl (C=O) groups is 1. The van der Waals surface area contributed by atoms with Crippen LogP contribution in [-0.4, -0.2) is 28.7 Å². The van der Waals surface area contributed by atoms with E-state index in [1.807, 2.05) is 24.3 Å². The minimum atomic E-state index is 0.0804. The first-order valence-electron chi connectivity index (χ1n) is 7.13. The molecule has 0 aliphatic carbocycles. The van der Waals surface area contributed by atoms with Gasteiger partial charge in [-0.25, -0.2) is 0 Å². The average Bonchev–Trinajstić information content (AvgIpc) is 3.02. The second-order valence-electron chi connectivity index (χ2n) is 5.39. The maximum Gasteiger partial charge on any atom is 0.247 e. The van der Waals surface area contributed by atoms with Crippen LogP contribution in [0.25, 0.3) is 11.5 Å². The van der Waals surface area contributed by atoms with E-state index < -0.39 is 0 Å². The smallest absolute Gasteiger partial charge is 0.247 e. The van der Waals surface area contributed by atoms with Crippen molar-refractivity contribution < 1.29 is 9.21 Å². The second kappa shape index (κ2) is 6.05. The van der Waals surface area contributed by atoms with Gasteiger partial charge in [0, 0.05) is 23.2 Å². The van der Waals surface area contributed by atoms with E-state index in [0.717, 1.165) is 30.6 Å². The number of aromatic nitrogens is 2. The maximum atomic E-state index is 12.2. The van der Waals surface area contributed by atoms with Gasteiger partial charge in [-0.2, -0.15) is 0 Å². The highest BCUT2D eigenvalue weighted by atomic mass is 16.4. The lowest BCUT2D eigenvalue weighted by Crippen LogP contribution is -2.40. The molecule has 1 saturated heterocycles. The number of hydrogen-bond acceptors (Lipinski definition) is 5. The van der Waals surface area contributed by atoms with E-state index in [-0.39, 0.29) is 11.8 Å². The van der Waals surface area contributed by atoms with Crippen LogP contribution >= 0.6 is 0 Å². The van der Waals surface area contributed by atoms with Crippen LogP contribution in [0.5, 0.6) is 0 Å². The molecule has 1 aromatic heterocycles. The number of piperidine rings is 1. The van der Waals surface area contributed by atoms with Gasteiger partial charge in [-0.15, -0.1) is 10.2 Å². The largest absolute Gasteiger partial charge is 0.423 e. The number of nitrogens with one attached hydrogen (secondary N) is 2. The Kier molecular flexibility index (Phi) is 3.96. The Morgan fingerprint density at radius 2 is 2.19 bits per heavy atom. The van der Waals surface area contributed by atoms with Gasteiger partial charge in [0.2, 0.25) is 18.2 Å². The fraction of sp³-hybridized carbons (Fsp3) is 0.400. The third-order valence-corrected chi connectivity index (χ3v) is 3.75. The van der Waals surface area contributed by atoms with Crippen molar-refractivity contribution in [1.82, 2.24) is 15.5 Å². The molecule has 21 heavy (non-hydrogen) atoms. The lowest BCUT2D eigenvalue weighted by atomic mass is 9.92. The number of anilines is 1. The van der Waals surface area contributed by atoms with Gasteiger partial charge in [-0.1, -0.05) is 0 Å². The summed E-state index contributed by atoms with van der Waals surface area (Å²) in [6.07, 6.45) is 3.06. The molecule has 2 N–H and O–H groups in total. The first-order valence-corrected chi connectivity index (χ1v) is 7.13. The molecule has 2 atom stereocenters. The number of benzene rings is 1. The highest BCUT2D eigenvalue weighted by molar-refractivity contribution is 5.92. The lowest BCUT2D eigenvalue weighted by Gasteiger charge is -2.27. The molecule has 1 aromatic carbocycles. The van der Waals surface area contributed by atoms with Crippen LogP contribution in [0.2, 0.25) is 0 Å². The maximum absolute atomic E-state index is 12.2. The van der Waals surface area contributed by atoms with E-state index in [0.29, 0.717) is 11.9 Å². The van der Waals surface area contributed by atoms with Gasteiger partial charge in [0.15, 0.2) is 0 Å². The summed E-state index contributed by atoms with van der Waals surface area (Å²) in [6, 6.07) is 7.81. The second-order valence-corrected chi connectivity index (χ2v) is 5.39. The third-order valence-electron chi connectivity index (χ3n) is 3.75. The quantitative estimate of drug-likeness (QED) is 0.902. The van der Waals surface area contributed by atoms with Gasteiger partial charge >= 0.3 is 0 Å². The Labute approximate surface area is 123 Å². The molecule has 1 fully saturated rings. The minimum Gasteiger partial charge on any atom is -0.423 e. The van der Waals surface area contributed by atoms with E-state index in [2.05, 4.69) is 27.8 Å². The van der Waals surface area contributed by atoms with Gasteiger partial charge in [-0.05, 0) is 50.6 Å². The topological polar surface area (TPSA) is 80.1 Å². The summed E-state index contributed by atoms with van der Waals surface area (Å²) in [4.78, 5) is 12.2. The zero-order valence-corrected chi connectivity index (χ0v) is 11.9. The molecular formula is C15H18N4O2. The molecule has 6 heteroatoms. The first-order chi connectivity index (χ1) is 10.2. The number of nitrogens with zero attached hydrogens (tertiary/aromatic N) is 2. The van der Waals surface area contributed by atoms with E-state index >= 15 is 0 Å². The molecule has 2 unspecified atom stereocenters. The first kappa shape index (κ1) is 13.8. The summed E-state index contributed by atoms with van der Waals surface area (Å²) in [5, 5.41) is 13.8. The molecule has 0 saturated carbocycles. The summed E-state index contributed by atoms with van der Waals surface area (Å²) in [5.74, 6) is 0.644. The Balaban J connectivity index is 1.63. The van der Waals surface area contributed by atoms with Gasteiger partial charge < -0.3 is 15.1 Å². The fourth-order valence-electron chi connectivity index (χ4n) is 2.61. The van der Waals surface area contributed by atoms with Crippen molar-refractivity contribution in [2.24, 2.45) is 5.92 Å². The van der Waals surface area contributed by atoms with E-state index in [1.165, 1.54) is 6.39 Å². The normalized spacial score (nSPS) is 22.0. The van der Waals surface area contributed by atoms with Crippen LogP contribution in [0.4, 0.5) is 5.69 Å². The van der Waals surface area contributed by atoms with E-state index in [4.69, 9.17) is 4.42 Å². The molecule has 0 radical (unpaired) electrons. The molecule has 2 aromatic rings. The molecule has 1 amide bonds. The predicted octanol–water partition coefficient (Wildman–Crippen LogP) is 2.06. The van der Waals surface area contributed by atoms with Crippen molar-refractivity contribution in [3.05, 3.63) is 30.7 Å². The van der Waals surface area contributed by atoms with Gasteiger partial charge in [0.05, 0.1) is 0 Å². The van der Waals surface area contributed by atoms with Crippen molar-refractivity contribution in [2.45, 2.75) is 25.8 Å². The summed E-state index contributed by atoms with van der Waals surface area (Å²) < 4.78 is 5.13. The Bertz CT molecular complexity index is 595. The monoisotopic (exact) mass is 286 g/mol. The van der Waals surface area contributed by atoms with Crippen molar-refractivity contribution in [1.29, 1.82) is 0 Å². The SMILES string of the molecule is CC1CC(C(=O)Nc2ccc(-c3nnco3)cc2)CCN1. The van der Waals surface area contributed by atoms with Crippen LogP contribution in [-0.2, 0) is 4.79 Å². The van der Waals surface area contributed by atoms with Crippen molar-refractivity contribution >= 4 is 11.6 Å². The number of hydrogen-bond donors (Lipinski definition) is 2. The van der Waals surface area contributed by atoms with Crippen LogP contribution in [0.3, 0.4) is 0 Å². The summed E-state index contributed by atoms with van der Waals surface area (Å²) in [7, 11) is 0. The summed E-state index contributed by atoms with van der Waals surface area (Å²) in [5.41, 5.74) is 1.62. The zero-order chi connectivity index (χ0) is 14.7. The number of carbonyl (C=O) groups excluding carboxylic acids is 1. The molecule has 2 heterocycles. The molecule has 3 rings (SSSR count). The molecule has 6 nitrogen and oxygen atoms in total. The molecule has 0 spiro atoms. The molecule has 1 aliphatic rings. The minimum absolute atomic E-state index is 0.0804. The Hall–Kier alpha value is -2.21. The predicted molar refractivity (Wildman–Crippen MR) is 78.6 cm³/mol. The fourth-order valence-corrected chi connectivity index (χ4v) is 2.61. The Morgan fingerprint density at radius 3 is 2.86 bits per heavy atom. The van der Waals surface area contributed by atoms with Crippen molar-refractivity contribution in [3.8, 4) is 11.5 Å². The van der Waals surface area contributed by atoms with Crippen molar-refractivity contribution in [2.75, 3.05) is 11.9 Å². The standard InChI is InChI=1S/C15H18N4O2/c1-10-8-12(6-7-16-10)14(20)18-13-4-2-11(3-5-13)15-19-17-9-21-15/h2-5,9-10,12,16H,6-8H2,1H3,(H,18,20). The number of amides is 1. The number of rotatable bonds is 3. The van der Waals surface area contributed by atoms with Crippen LogP contribution < -0.4 is 10.6 Å². The zero-order valence-electron chi connectivity index (χ0n) is 11.9. The van der Waals surface area contributed by atoms with Gasteiger partial charge in [0.25, 0.3) is 0 Å². The Morgan fingerprint density at radius 1 is 1.38 bits per heavy atom. The summed E-state index contributed by atoms with van der Waals surface area (Å²) >= 11 is 0. The average molecular weight is 286 g/mol. The summed E-state index contributed by atoms with van der Waals surface area (Å²) in [6.45, 7) is 3.01. The molecular weight excluding hydrogens is 268 g/mol. The lowest BCUT2D eigenvalue weighted by molar-refractivity contribution is -0.120. The van der Waals surface area contributed by atoms with Crippen LogP contribution in [0, 0.1) is 5.92 Å². The highest BCUT2D eigenvalue weighted by Crippen LogP contribution is 2.21.